The van der Waals surface area contributed by atoms with Gasteiger partial charge in [0.15, 0.2) is 6.61 Å². The van der Waals surface area contributed by atoms with Crippen LogP contribution >= 0.6 is 15.9 Å². The number of ether oxygens (including phenoxy) is 1. The summed E-state index contributed by atoms with van der Waals surface area (Å²) in [7, 11) is -3.17. The van der Waals surface area contributed by atoms with Crippen molar-refractivity contribution in [1.82, 2.24) is 9.21 Å². The lowest BCUT2D eigenvalue weighted by atomic mass is 10.3. The molecule has 0 N–H and O–H groups in total. The summed E-state index contributed by atoms with van der Waals surface area (Å²) in [5.74, 6) is 0.591. The van der Waals surface area contributed by atoms with Crippen molar-refractivity contribution in [3.63, 3.8) is 0 Å². The Morgan fingerprint density at radius 2 is 1.77 bits per heavy atom. The normalized spacial score (nSPS) is 16.5. The molecule has 1 aromatic carbocycles. The maximum absolute atomic E-state index is 12.1. The standard InChI is InChI=1S/C14H19BrN2O4S/c1-2-22(19,20)17-9-7-16(8-10-17)14(18)11-21-13-5-3-12(15)4-6-13/h3-6H,2,7-11H2,1H3. The van der Waals surface area contributed by atoms with Crippen LogP contribution < -0.4 is 4.74 Å². The Hall–Kier alpha value is -1.12. The van der Waals surface area contributed by atoms with E-state index in [9.17, 15) is 13.2 Å². The van der Waals surface area contributed by atoms with Crippen molar-refractivity contribution in [2.45, 2.75) is 6.92 Å². The molecule has 8 heteroatoms. The van der Waals surface area contributed by atoms with Crippen molar-refractivity contribution in [3.05, 3.63) is 28.7 Å². The van der Waals surface area contributed by atoms with E-state index in [0.29, 0.717) is 31.9 Å². The smallest absolute Gasteiger partial charge is 0.260 e. The Labute approximate surface area is 139 Å². The topological polar surface area (TPSA) is 66.9 Å². The number of hydrogen-bond donors (Lipinski definition) is 0. The largest absolute Gasteiger partial charge is 0.484 e. The predicted octanol–water partition coefficient (Wildman–Crippen LogP) is 1.32. The third-order valence-corrected chi connectivity index (χ3v) is 5.94. The molecule has 0 atom stereocenters. The van der Waals surface area contributed by atoms with Crippen LogP contribution in [0.25, 0.3) is 0 Å². The molecule has 122 valence electrons. The molecule has 1 aromatic rings. The first-order chi connectivity index (χ1) is 10.4. The Morgan fingerprint density at radius 3 is 2.32 bits per heavy atom. The molecule has 22 heavy (non-hydrogen) atoms. The lowest BCUT2D eigenvalue weighted by Crippen LogP contribution is -2.51. The zero-order chi connectivity index (χ0) is 16.2. The second-order valence-corrected chi connectivity index (χ2v) is 8.10. The molecule has 0 saturated carbocycles. The SMILES string of the molecule is CCS(=O)(=O)N1CCN(C(=O)COc2ccc(Br)cc2)CC1. The predicted molar refractivity (Wildman–Crippen MR) is 87.3 cm³/mol. The molecule has 1 fully saturated rings. The number of nitrogens with zero attached hydrogens (tertiary/aromatic N) is 2. The summed E-state index contributed by atoms with van der Waals surface area (Å²) < 4.78 is 31.4. The molecule has 0 aromatic heterocycles. The molecule has 0 unspecified atom stereocenters. The Bertz CT molecular complexity index is 610. The Kier molecular flexibility index (Phi) is 5.82. The highest BCUT2D eigenvalue weighted by Crippen LogP contribution is 2.16. The van der Waals surface area contributed by atoms with Crippen LogP contribution in [-0.2, 0) is 14.8 Å². The third-order valence-electron chi connectivity index (χ3n) is 3.53. The summed E-state index contributed by atoms with van der Waals surface area (Å²) in [6, 6.07) is 7.24. The van der Waals surface area contributed by atoms with E-state index in [2.05, 4.69) is 15.9 Å². The number of carbonyl (C=O) groups excluding carboxylic acids is 1. The lowest BCUT2D eigenvalue weighted by molar-refractivity contribution is -0.134. The highest BCUT2D eigenvalue weighted by atomic mass is 79.9. The second kappa shape index (κ2) is 7.43. The van der Waals surface area contributed by atoms with Crippen LogP contribution in [0.4, 0.5) is 0 Å². The Balaban J connectivity index is 1.81. The molecule has 0 radical (unpaired) electrons. The highest BCUT2D eigenvalue weighted by Gasteiger charge is 2.27. The molecule has 1 amide bonds. The van der Waals surface area contributed by atoms with E-state index in [-0.39, 0.29) is 18.3 Å². The third kappa shape index (κ3) is 4.44. The van der Waals surface area contributed by atoms with Crippen molar-refractivity contribution < 1.29 is 17.9 Å². The first-order valence-corrected chi connectivity index (χ1v) is 9.46. The fraction of sp³-hybridized carbons (Fsp3) is 0.500. The summed E-state index contributed by atoms with van der Waals surface area (Å²) in [6.45, 7) is 3.09. The van der Waals surface area contributed by atoms with Crippen molar-refractivity contribution in [2.24, 2.45) is 0 Å². The van der Waals surface area contributed by atoms with Crippen LogP contribution in [0.5, 0.6) is 5.75 Å². The van der Waals surface area contributed by atoms with Crippen molar-refractivity contribution in [3.8, 4) is 5.75 Å². The fourth-order valence-corrected chi connectivity index (χ4v) is 3.51. The van der Waals surface area contributed by atoms with Gasteiger partial charge in [-0.2, -0.15) is 4.31 Å². The van der Waals surface area contributed by atoms with Gasteiger partial charge in [-0.25, -0.2) is 8.42 Å². The molecule has 0 bridgehead atoms. The number of halogens is 1. The van der Waals surface area contributed by atoms with Gasteiger partial charge >= 0.3 is 0 Å². The summed E-state index contributed by atoms with van der Waals surface area (Å²) in [5, 5.41) is 0. The number of sulfonamides is 1. The molecule has 2 rings (SSSR count). The van der Waals surface area contributed by atoms with Gasteiger partial charge in [0.2, 0.25) is 10.0 Å². The summed E-state index contributed by atoms with van der Waals surface area (Å²) in [6.07, 6.45) is 0. The van der Waals surface area contributed by atoms with Crippen LogP contribution in [-0.4, -0.2) is 62.1 Å². The average Bonchev–Trinajstić information content (AvgIpc) is 2.54. The van der Waals surface area contributed by atoms with Gasteiger partial charge in [0.25, 0.3) is 5.91 Å². The van der Waals surface area contributed by atoms with Crippen molar-refractivity contribution >= 4 is 31.9 Å². The molecular formula is C14H19BrN2O4S. The zero-order valence-corrected chi connectivity index (χ0v) is 14.8. The van der Waals surface area contributed by atoms with Crippen LogP contribution in [0.15, 0.2) is 28.7 Å². The number of piperazine rings is 1. The maximum atomic E-state index is 12.1. The van der Waals surface area contributed by atoms with Gasteiger partial charge < -0.3 is 9.64 Å². The van der Waals surface area contributed by atoms with Gasteiger partial charge in [-0.1, -0.05) is 15.9 Å². The van der Waals surface area contributed by atoms with Crippen LogP contribution in [0.1, 0.15) is 6.92 Å². The van der Waals surface area contributed by atoms with Crippen LogP contribution in [0.2, 0.25) is 0 Å². The number of carbonyl (C=O) groups is 1. The molecule has 0 aliphatic carbocycles. The number of hydrogen-bond acceptors (Lipinski definition) is 4. The minimum absolute atomic E-state index is 0.0395. The second-order valence-electron chi connectivity index (χ2n) is 4.92. The average molecular weight is 391 g/mol. The van der Waals surface area contributed by atoms with E-state index >= 15 is 0 Å². The van der Waals surface area contributed by atoms with Crippen molar-refractivity contribution in [1.29, 1.82) is 0 Å². The van der Waals surface area contributed by atoms with Gasteiger partial charge in [-0.15, -0.1) is 0 Å². The minimum Gasteiger partial charge on any atom is -0.484 e. The van der Waals surface area contributed by atoms with Gasteiger partial charge in [0.05, 0.1) is 5.75 Å². The summed E-state index contributed by atoms with van der Waals surface area (Å²) in [5.41, 5.74) is 0. The zero-order valence-electron chi connectivity index (χ0n) is 12.4. The highest BCUT2D eigenvalue weighted by molar-refractivity contribution is 9.10. The fourth-order valence-electron chi connectivity index (χ4n) is 2.17. The van der Waals surface area contributed by atoms with Gasteiger partial charge in [-0.3, -0.25) is 4.79 Å². The van der Waals surface area contributed by atoms with Crippen LogP contribution in [0, 0.1) is 0 Å². The van der Waals surface area contributed by atoms with E-state index < -0.39 is 10.0 Å². The van der Waals surface area contributed by atoms with E-state index in [1.807, 2.05) is 12.1 Å². The summed E-state index contributed by atoms with van der Waals surface area (Å²) >= 11 is 3.33. The molecule has 0 spiro atoms. The molecule has 1 aliphatic heterocycles. The maximum Gasteiger partial charge on any atom is 0.260 e. The molecule has 1 saturated heterocycles. The van der Waals surface area contributed by atoms with Gasteiger partial charge in [-0.05, 0) is 31.2 Å². The lowest BCUT2D eigenvalue weighted by Gasteiger charge is -2.33. The first-order valence-electron chi connectivity index (χ1n) is 7.06. The molecular weight excluding hydrogens is 372 g/mol. The van der Waals surface area contributed by atoms with Crippen LogP contribution in [0.3, 0.4) is 0 Å². The first kappa shape index (κ1) is 17.2. The van der Waals surface area contributed by atoms with E-state index in [0.717, 1.165) is 4.47 Å². The van der Waals surface area contributed by atoms with Gasteiger partial charge in [0.1, 0.15) is 5.75 Å². The summed E-state index contributed by atoms with van der Waals surface area (Å²) in [4.78, 5) is 13.7. The monoisotopic (exact) mass is 390 g/mol. The number of amides is 1. The van der Waals surface area contributed by atoms with Gasteiger partial charge in [0, 0.05) is 30.7 Å². The Morgan fingerprint density at radius 1 is 1.18 bits per heavy atom. The van der Waals surface area contributed by atoms with E-state index in [1.54, 1.807) is 24.0 Å². The molecule has 1 heterocycles. The molecule has 1 aliphatic rings. The number of rotatable bonds is 5. The number of benzene rings is 1. The minimum atomic E-state index is -3.17. The quantitative estimate of drug-likeness (QED) is 0.760. The van der Waals surface area contributed by atoms with E-state index in [1.165, 1.54) is 4.31 Å². The van der Waals surface area contributed by atoms with Crippen molar-refractivity contribution in [2.75, 3.05) is 38.5 Å². The molecule has 6 nitrogen and oxygen atoms in total. The van der Waals surface area contributed by atoms with E-state index in [4.69, 9.17) is 4.74 Å².